The van der Waals surface area contributed by atoms with Gasteiger partial charge in [-0.3, -0.25) is 9.69 Å². The van der Waals surface area contributed by atoms with E-state index in [2.05, 4.69) is 10.6 Å². The quantitative estimate of drug-likeness (QED) is 0.565. The molecule has 0 bridgehead atoms. The highest BCUT2D eigenvalue weighted by Gasteiger charge is 2.51. The molecule has 1 aliphatic rings. The lowest BCUT2D eigenvalue weighted by Gasteiger charge is -2.42. The second-order valence-corrected chi connectivity index (χ2v) is 7.39. The van der Waals surface area contributed by atoms with Crippen molar-refractivity contribution < 1.29 is 19.4 Å². The number of hydrogen-bond acceptors (Lipinski definition) is 4. The Balaban J connectivity index is 1.75. The number of fused-ring (bicyclic) bond motifs is 1. The van der Waals surface area contributed by atoms with Gasteiger partial charge in [-0.05, 0) is 36.4 Å². The zero-order valence-electron chi connectivity index (χ0n) is 16.6. The predicted molar refractivity (Wildman–Crippen MR) is 118 cm³/mol. The van der Waals surface area contributed by atoms with E-state index in [9.17, 15) is 14.7 Å². The van der Waals surface area contributed by atoms with Gasteiger partial charge in [0.25, 0.3) is 11.6 Å². The maximum Gasteiger partial charge on any atom is 0.329 e. The topological polar surface area (TPSA) is 90.9 Å². The lowest BCUT2D eigenvalue weighted by molar-refractivity contribution is -0.140. The number of nitrogens with one attached hydrogen (secondary N) is 2. The zero-order valence-corrected chi connectivity index (χ0v) is 17.4. The molecule has 1 aliphatic heterocycles. The third-order valence-electron chi connectivity index (χ3n) is 5.10. The van der Waals surface area contributed by atoms with Crippen LogP contribution in [0.3, 0.4) is 0 Å². The molecule has 3 N–H and O–H groups in total. The molecule has 0 spiro atoms. The molecule has 31 heavy (non-hydrogen) atoms. The summed E-state index contributed by atoms with van der Waals surface area (Å²) in [6.07, 6.45) is 0. The van der Waals surface area contributed by atoms with Gasteiger partial charge in [-0.15, -0.1) is 0 Å². The molecule has 0 radical (unpaired) electrons. The number of carbonyl (C=O) groups excluding carboxylic acids is 2. The number of urea groups is 1. The number of benzene rings is 3. The fourth-order valence-electron chi connectivity index (χ4n) is 3.60. The molecular weight excluding hydrogens is 418 g/mol. The first kappa shape index (κ1) is 20.7. The van der Waals surface area contributed by atoms with Crippen molar-refractivity contribution in [2.75, 3.05) is 17.3 Å². The molecule has 3 aromatic rings. The monoisotopic (exact) mass is 437 g/mol. The van der Waals surface area contributed by atoms with E-state index in [-0.39, 0.29) is 12.1 Å². The van der Waals surface area contributed by atoms with Crippen molar-refractivity contribution in [2.45, 2.75) is 12.3 Å². The average molecular weight is 438 g/mol. The number of ether oxygens (including phenoxy) is 1. The molecule has 8 heteroatoms. The van der Waals surface area contributed by atoms with Crippen LogP contribution in [0.1, 0.15) is 11.1 Å². The molecule has 3 aromatic carbocycles. The number of carbonyl (C=O) groups is 2. The number of para-hydroxylation sites is 2. The summed E-state index contributed by atoms with van der Waals surface area (Å²) in [5.41, 5.74) is -0.635. The third-order valence-corrected chi connectivity index (χ3v) is 5.36. The number of aliphatic hydroxyl groups is 1. The summed E-state index contributed by atoms with van der Waals surface area (Å²) in [6.45, 7) is 0.101. The summed E-state index contributed by atoms with van der Waals surface area (Å²) in [5, 5.41) is 17.7. The van der Waals surface area contributed by atoms with E-state index in [0.717, 1.165) is 10.5 Å². The van der Waals surface area contributed by atoms with Gasteiger partial charge in [0, 0.05) is 28.4 Å². The molecule has 0 aromatic heterocycles. The molecular formula is C23H20ClN3O4. The Bertz CT molecular complexity index is 1140. The van der Waals surface area contributed by atoms with Crippen LogP contribution in [0.25, 0.3) is 0 Å². The minimum Gasteiger partial charge on any atom is -0.496 e. The van der Waals surface area contributed by atoms with Crippen LogP contribution in [0.5, 0.6) is 5.75 Å². The maximum atomic E-state index is 13.4. The minimum absolute atomic E-state index is 0.101. The Labute approximate surface area is 184 Å². The van der Waals surface area contributed by atoms with Crippen molar-refractivity contribution >= 4 is 34.9 Å². The van der Waals surface area contributed by atoms with E-state index in [4.69, 9.17) is 16.3 Å². The van der Waals surface area contributed by atoms with Crippen LogP contribution < -0.4 is 20.3 Å². The second-order valence-electron chi connectivity index (χ2n) is 6.95. The molecule has 158 valence electrons. The molecule has 1 atom stereocenters. The highest BCUT2D eigenvalue weighted by atomic mass is 35.5. The lowest BCUT2D eigenvalue weighted by Crippen LogP contribution is -2.62. The first-order valence-corrected chi connectivity index (χ1v) is 9.92. The first-order valence-electron chi connectivity index (χ1n) is 9.54. The largest absolute Gasteiger partial charge is 0.496 e. The SMILES string of the molecule is COc1ccccc1CNC(=O)[C@]1(O)c2ccccc2NC(=O)N1c1ccc(Cl)cc1. The van der Waals surface area contributed by atoms with Gasteiger partial charge in [0.05, 0.1) is 12.8 Å². The summed E-state index contributed by atoms with van der Waals surface area (Å²) < 4.78 is 5.32. The van der Waals surface area contributed by atoms with Crippen LogP contribution in [0.4, 0.5) is 16.2 Å². The number of nitrogens with zero attached hydrogens (tertiary/aromatic N) is 1. The van der Waals surface area contributed by atoms with Gasteiger partial charge in [0.15, 0.2) is 0 Å². The fourth-order valence-corrected chi connectivity index (χ4v) is 3.73. The van der Waals surface area contributed by atoms with Crippen molar-refractivity contribution in [3.63, 3.8) is 0 Å². The summed E-state index contributed by atoms with van der Waals surface area (Å²) in [5.74, 6) is -0.151. The van der Waals surface area contributed by atoms with Gasteiger partial charge in [0.1, 0.15) is 5.75 Å². The highest BCUT2D eigenvalue weighted by Crippen LogP contribution is 2.40. The van der Waals surface area contributed by atoms with Crippen LogP contribution in [0.15, 0.2) is 72.8 Å². The minimum atomic E-state index is -2.28. The number of methoxy groups -OCH3 is 1. The van der Waals surface area contributed by atoms with Crippen LogP contribution >= 0.6 is 11.6 Å². The van der Waals surface area contributed by atoms with Gasteiger partial charge in [0.2, 0.25) is 0 Å². The third kappa shape index (κ3) is 3.69. The van der Waals surface area contributed by atoms with E-state index in [1.54, 1.807) is 54.6 Å². The van der Waals surface area contributed by atoms with E-state index in [1.165, 1.54) is 7.11 Å². The molecule has 0 aliphatic carbocycles. The van der Waals surface area contributed by atoms with Crippen molar-refractivity contribution in [2.24, 2.45) is 0 Å². The molecule has 7 nitrogen and oxygen atoms in total. The van der Waals surface area contributed by atoms with E-state index < -0.39 is 17.7 Å². The van der Waals surface area contributed by atoms with E-state index in [0.29, 0.717) is 22.1 Å². The molecule has 0 unspecified atom stereocenters. The average Bonchev–Trinajstić information content (AvgIpc) is 2.78. The number of amides is 3. The summed E-state index contributed by atoms with van der Waals surface area (Å²) in [6, 6.07) is 19.5. The number of halogens is 1. The van der Waals surface area contributed by atoms with Gasteiger partial charge in [-0.1, -0.05) is 48.0 Å². The van der Waals surface area contributed by atoms with E-state index in [1.807, 2.05) is 18.2 Å². The normalized spacial score (nSPS) is 17.5. The lowest BCUT2D eigenvalue weighted by atomic mass is 9.94. The van der Waals surface area contributed by atoms with Crippen LogP contribution in [-0.4, -0.2) is 24.2 Å². The maximum absolute atomic E-state index is 13.4. The Kier molecular flexibility index (Phi) is 5.54. The molecule has 0 saturated carbocycles. The Hall–Kier alpha value is -3.55. The first-order chi connectivity index (χ1) is 14.9. The number of anilines is 2. The Morgan fingerprint density at radius 2 is 1.77 bits per heavy atom. The number of rotatable bonds is 5. The van der Waals surface area contributed by atoms with Crippen LogP contribution in [-0.2, 0) is 17.1 Å². The van der Waals surface area contributed by atoms with Gasteiger partial charge in [-0.25, -0.2) is 4.79 Å². The second kappa shape index (κ2) is 8.29. The summed E-state index contributed by atoms with van der Waals surface area (Å²) in [7, 11) is 1.54. The molecule has 3 amide bonds. The highest BCUT2D eigenvalue weighted by molar-refractivity contribution is 6.30. The van der Waals surface area contributed by atoms with Crippen LogP contribution in [0.2, 0.25) is 5.02 Å². The molecule has 0 fully saturated rings. The van der Waals surface area contributed by atoms with E-state index >= 15 is 0 Å². The molecule has 0 saturated heterocycles. The smallest absolute Gasteiger partial charge is 0.329 e. The summed E-state index contributed by atoms with van der Waals surface area (Å²) in [4.78, 5) is 27.4. The Morgan fingerprint density at radius 3 is 2.52 bits per heavy atom. The van der Waals surface area contributed by atoms with Crippen LogP contribution in [0, 0.1) is 0 Å². The predicted octanol–water partition coefficient (Wildman–Crippen LogP) is 3.86. The van der Waals surface area contributed by atoms with Crippen molar-refractivity contribution in [1.29, 1.82) is 0 Å². The standard InChI is InChI=1S/C23H20ClN3O4/c1-31-20-9-5-2-6-15(20)14-25-21(28)23(30)18-7-3-4-8-19(18)26-22(29)27(23)17-12-10-16(24)11-13-17/h2-13,30H,14H2,1H3,(H,25,28)(H,26,29)/t23-/m1/s1. The zero-order chi connectivity index (χ0) is 22.0. The Morgan fingerprint density at radius 1 is 1.10 bits per heavy atom. The van der Waals surface area contributed by atoms with Gasteiger partial charge in [-0.2, -0.15) is 0 Å². The van der Waals surface area contributed by atoms with Gasteiger partial charge >= 0.3 is 6.03 Å². The summed E-state index contributed by atoms with van der Waals surface area (Å²) >= 11 is 5.98. The number of hydrogen-bond donors (Lipinski definition) is 3. The molecule has 1 heterocycles. The fraction of sp³-hybridized carbons (Fsp3) is 0.130. The van der Waals surface area contributed by atoms with Crippen molar-refractivity contribution in [3.8, 4) is 5.75 Å². The molecule has 4 rings (SSSR count). The van der Waals surface area contributed by atoms with Gasteiger partial charge < -0.3 is 20.5 Å². The van der Waals surface area contributed by atoms with Crippen molar-refractivity contribution in [1.82, 2.24) is 5.32 Å². The van der Waals surface area contributed by atoms with Crippen molar-refractivity contribution in [3.05, 3.63) is 88.9 Å².